The molecule has 0 aliphatic heterocycles. The Hall–Kier alpha value is 0.609. The third kappa shape index (κ3) is 6.04. The van der Waals surface area contributed by atoms with E-state index < -0.39 is 0 Å². The number of hydrogen-bond acceptors (Lipinski definition) is 1. The second-order valence-electron chi connectivity index (χ2n) is 4.29. The van der Waals surface area contributed by atoms with Gasteiger partial charge >= 0.3 is 106 Å². The van der Waals surface area contributed by atoms with Crippen molar-refractivity contribution in [3.63, 3.8) is 0 Å². The number of allylic oxidation sites excluding steroid dienone is 1. The fourth-order valence-electron chi connectivity index (χ4n) is 1.99. The SMILES string of the molecule is CCCCS/C(=C/C1CCCCC1)[Se]C. The maximum absolute atomic E-state index is 2.61. The summed E-state index contributed by atoms with van der Waals surface area (Å²) in [7, 11) is 0. The summed E-state index contributed by atoms with van der Waals surface area (Å²) in [4.78, 5) is 0. The first kappa shape index (κ1) is 13.7. The van der Waals surface area contributed by atoms with Gasteiger partial charge in [-0.05, 0) is 0 Å². The van der Waals surface area contributed by atoms with Gasteiger partial charge in [0.05, 0.1) is 0 Å². The van der Waals surface area contributed by atoms with Crippen molar-refractivity contribution in [3.05, 3.63) is 9.88 Å². The van der Waals surface area contributed by atoms with Gasteiger partial charge in [-0.3, -0.25) is 0 Å². The minimum atomic E-state index is 0.718. The Morgan fingerprint density at radius 1 is 1.33 bits per heavy atom. The van der Waals surface area contributed by atoms with E-state index in [1.165, 1.54) is 50.7 Å². The van der Waals surface area contributed by atoms with Gasteiger partial charge in [-0.15, -0.1) is 0 Å². The van der Waals surface area contributed by atoms with Crippen LogP contribution in [0.5, 0.6) is 0 Å². The second-order valence-corrected chi connectivity index (χ2v) is 7.79. The summed E-state index contributed by atoms with van der Waals surface area (Å²) in [6.07, 6.45) is 12.6. The van der Waals surface area contributed by atoms with Crippen molar-refractivity contribution in [3.8, 4) is 0 Å². The average molecular weight is 291 g/mol. The number of rotatable bonds is 6. The van der Waals surface area contributed by atoms with Crippen LogP contribution in [-0.4, -0.2) is 20.7 Å². The first-order chi connectivity index (χ1) is 7.36. The van der Waals surface area contributed by atoms with Gasteiger partial charge < -0.3 is 0 Å². The van der Waals surface area contributed by atoms with Gasteiger partial charge in [0.1, 0.15) is 0 Å². The predicted molar refractivity (Wildman–Crippen MR) is 73.6 cm³/mol. The van der Waals surface area contributed by atoms with Gasteiger partial charge in [-0.1, -0.05) is 0 Å². The molecule has 1 aliphatic rings. The van der Waals surface area contributed by atoms with Crippen LogP contribution in [0, 0.1) is 5.92 Å². The minimum absolute atomic E-state index is 0.718. The summed E-state index contributed by atoms with van der Waals surface area (Å²) in [5, 5.41) is 0. The predicted octanol–water partition coefficient (Wildman–Crippen LogP) is 4.69. The second kappa shape index (κ2) is 8.73. The molecule has 2 heteroatoms. The van der Waals surface area contributed by atoms with E-state index in [1.54, 1.807) is 3.80 Å². The maximum atomic E-state index is 2.61. The van der Waals surface area contributed by atoms with Crippen molar-refractivity contribution in [1.82, 2.24) is 0 Å². The Labute approximate surface area is 106 Å². The molecule has 0 radical (unpaired) electrons. The van der Waals surface area contributed by atoms with Crippen molar-refractivity contribution in [2.75, 3.05) is 5.75 Å². The van der Waals surface area contributed by atoms with Crippen LogP contribution in [0.25, 0.3) is 0 Å². The topological polar surface area (TPSA) is 0 Å². The van der Waals surface area contributed by atoms with E-state index in [0.717, 1.165) is 20.9 Å². The van der Waals surface area contributed by atoms with Gasteiger partial charge in [0.2, 0.25) is 0 Å². The van der Waals surface area contributed by atoms with E-state index in [0.29, 0.717) is 0 Å². The molecule has 1 fully saturated rings. The molecule has 0 aromatic carbocycles. The molecule has 0 saturated heterocycles. The standard InChI is InChI=1S/C13H24SSe/c1-3-4-10-14-13(15-2)11-12-8-6-5-7-9-12/h11-12H,3-10H2,1-2H3/b13-11-. The third-order valence-corrected chi connectivity index (χ3v) is 6.62. The van der Waals surface area contributed by atoms with E-state index in [-0.39, 0.29) is 0 Å². The molecule has 0 aromatic heterocycles. The first-order valence-corrected chi connectivity index (χ1v) is 9.81. The Kier molecular flexibility index (Phi) is 7.95. The number of unbranched alkanes of at least 4 members (excludes halogenated alkanes) is 1. The molecule has 0 bridgehead atoms. The van der Waals surface area contributed by atoms with Gasteiger partial charge in [-0.25, -0.2) is 0 Å². The molecule has 0 spiro atoms. The van der Waals surface area contributed by atoms with Crippen molar-refractivity contribution in [2.24, 2.45) is 5.92 Å². The molecule has 88 valence electrons. The fraction of sp³-hybridized carbons (Fsp3) is 0.846. The van der Waals surface area contributed by atoms with E-state index >= 15 is 0 Å². The zero-order chi connectivity index (χ0) is 10.9. The molecule has 0 heterocycles. The quantitative estimate of drug-likeness (QED) is 0.505. The van der Waals surface area contributed by atoms with Crippen molar-refractivity contribution >= 4 is 26.7 Å². The molecule has 0 unspecified atom stereocenters. The molecule has 1 aliphatic carbocycles. The van der Waals surface area contributed by atoms with Gasteiger partial charge in [0.15, 0.2) is 0 Å². The van der Waals surface area contributed by atoms with E-state index in [9.17, 15) is 0 Å². The van der Waals surface area contributed by atoms with Crippen LogP contribution < -0.4 is 0 Å². The summed E-state index contributed by atoms with van der Waals surface area (Å²) < 4.78 is 1.71. The summed E-state index contributed by atoms with van der Waals surface area (Å²) in [5.74, 6) is 4.62. The van der Waals surface area contributed by atoms with Crippen LogP contribution in [0.1, 0.15) is 51.9 Å². The Bertz CT molecular complexity index is 183. The number of thioether (sulfide) groups is 1. The molecule has 0 atom stereocenters. The molecule has 0 nitrogen and oxygen atoms in total. The van der Waals surface area contributed by atoms with Crippen LogP contribution in [0.4, 0.5) is 0 Å². The zero-order valence-corrected chi connectivity index (χ0v) is 12.7. The Morgan fingerprint density at radius 3 is 2.67 bits per heavy atom. The van der Waals surface area contributed by atoms with Crippen LogP contribution in [-0.2, 0) is 0 Å². The third-order valence-electron chi connectivity index (χ3n) is 2.97. The normalized spacial score (nSPS) is 19.5. The average Bonchev–Trinajstić information content (AvgIpc) is 2.29. The molecule has 1 saturated carbocycles. The monoisotopic (exact) mass is 292 g/mol. The molecule has 0 N–H and O–H groups in total. The summed E-state index contributed by atoms with van der Waals surface area (Å²) in [6.45, 7) is 2.28. The first-order valence-electron chi connectivity index (χ1n) is 6.25. The van der Waals surface area contributed by atoms with Crippen LogP contribution in [0.2, 0.25) is 5.82 Å². The van der Waals surface area contributed by atoms with Crippen LogP contribution in [0.15, 0.2) is 9.88 Å². The van der Waals surface area contributed by atoms with Gasteiger partial charge in [0.25, 0.3) is 0 Å². The van der Waals surface area contributed by atoms with E-state index in [4.69, 9.17) is 0 Å². The van der Waals surface area contributed by atoms with Gasteiger partial charge in [0, 0.05) is 0 Å². The fourth-order valence-corrected chi connectivity index (χ4v) is 4.98. The van der Waals surface area contributed by atoms with Crippen molar-refractivity contribution in [1.29, 1.82) is 0 Å². The molecular weight excluding hydrogens is 267 g/mol. The van der Waals surface area contributed by atoms with Crippen molar-refractivity contribution < 1.29 is 0 Å². The van der Waals surface area contributed by atoms with E-state index in [1.807, 2.05) is 0 Å². The number of hydrogen-bond donors (Lipinski definition) is 0. The molecule has 0 amide bonds. The summed E-state index contributed by atoms with van der Waals surface area (Å²) in [6, 6.07) is 0. The van der Waals surface area contributed by atoms with E-state index in [2.05, 4.69) is 30.6 Å². The Morgan fingerprint density at radius 2 is 2.07 bits per heavy atom. The van der Waals surface area contributed by atoms with Crippen LogP contribution in [0.3, 0.4) is 0 Å². The molecule has 15 heavy (non-hydrogen) atoms. The van der Waals surface area contributed by atoms with Crippen molar-refractivity contribution in [2.45, 2.75) is 57.7 Å². The molecule has 1 rings (SSSR count). The summed E-state index contributed by atoms with van der Waals surface area (Å²) >= 11 is 2.85. The van der Waals surface area contributed by atoms with Gasteiger partial charge in [-0.2, -0.15) is 0 Å². The zero-order valence-electron chi connectivity index (χ0n) is 10.1. The van der Waals surface area contributed by atoms with Crippen LogP contribution >= 0.6 is 11.8 Å². The molecule has 0 aromatic rings. The summed E-state index contributed by atoms with van der Waals surface area (Å²) in [5.41, 5.74) is 0. The molecular formula is C13H24SSe. The Balaban J connectivity index is 2.30.